The Kier molecular flexibility index (Phi) is 4.25. The first-order valence-corrected chi connectivity index (χ1v) is 5.20. The zero-order chi connectivity index (χ0) is 11.4. The monoisotopic (exact) mass is 276 g/mol. The van der Waals surface area contributed by atoms with Gasteiger partial charge in [-0.1, -0.05) is 5.59 Å². The molecule has 0 spiro atoms. The molecule has 0 aliphatic rings. The second kappa shape index (κ2) is 5.24. The largest absolute Gasteiger partial charge is 0.356 e. The van der Waals surface area contributed by atoms with E-state index in [2.05, 4.69) is 25.9 Å². The van der Waals surface area contributed by atoms with Crippen LogP contribution in [0.25, 0.3) is 0 Å². The molecule has 0 radical (unpaired) electrons. The summed E-state index contributed by atoms with van der Waals surface area (Å²) in [6, 6.07) is 0. The van der Waals surface area contributed by atoms with Crippen LogP contribution in [0.2, 0.25) is 0 Å². The Morgan fingerprint density at radius 2 is 2.33 bits per heavy atom. The van der Waals surface area contributed by atoms with Crippen molar-refractivity contribution < 1.29 is 9.63 Å². The predicted octanol–water partition coefficient (Wildman–Crippen LogP) is 0.574. The fourth-order valence-corrected chi connectivity index (χ4v) is 1.49. The number of rotatable bonds is 4. The lowest BCUT2D eigenvalue weighted by atomic mass is 10.4. The topological polar surface area (TPSA) is 82.2 Å². The fraction of sp³-hybridized carbons (Fsp3) is 0.500. The first kappa shape index (κ1) is 12.2. The van der Waals surface area contributed by atoms with Crippen LogP contribution in [0.1, 0.15) is 17.8 Å². The Labute approximate surface area is 95.8 Å². The first-order chi connectivity index (χ1) is 7.06. The summed E-state index contributed by atoms with van der Waals surface area (Å²) in [4.78, 5) is 15.4. The average molecular weight is 277 g/mol. The molecule has 0 saturated heterocycles. The van der Waals surface area contributed by atoms with Crippen LogP contribution in [0, 0.1) is 13.8 Å². The minimum Gasteiger partial charge on any atom is -0.356 e. The second-order valence-electron chi connectivity index (χ2n) is 3.05. The lowest BCUT2D eigenvalue weighted by Gasteiger charge is -2.03. The van der Waals surface area contributed by atoms with E-state index in [0.717, 1.165) is 15.9 Å². The average Bonchev–Trinajstić information content (AvgIpc) is 2.43. The molecule has 0 aliphatic carbocycles. The number of carbonyl (C=O) groups excluding carboxylic acids is 1. The summed E-state index contributed by atoms with van der Waals surface area (Å²) in [5.74, 6) is 4.42. The maximum atomic E-state index is 11.0. The van der Waals surface area contributed by atoms with Crippen LogP contribution in [0.3, 0.4) is 0 Å². The summed E-state index contributed by atoms with van der Waals surface area (Å²) >= 11 is 3.41. The number of aromatic nitrogens is 2. The molecule has 0 amide bonds. The van der Waals surface area contributed by atoms with Gasteiger partial charge in [0.25, 0.3) is 0 Å². The molecule has 0 bridgehead atoms. The maximum Gasteiger partial charge on any atom is 0.328 e. The standard InChI is InChI=1S/C8H13BrN4O2/c1-5-8(9)6(2)13(11-5)4-3-7(14)15-12-10/h12H,3-4,10H2,1-2H3. The molecule has 0 atom stereocenters. The molecule has 7 heteroatoms. The number of nitrogens with two attached hydrogens (primary N) is 1. The molecule has 1 aromatic rings. The molecule has 84 valence electrons. The molecular formula is C8H13BrN4O2. The summed E-state index contributed by atoms with van der Waals surface area (Å²) in [6.45, 7) is 4.29. The van der Waals surface area contributed by atoms with E-state index in [1.54, 1.807) is 4.68 Å². The van der Waals surface area contributed by atoms with Gasteiger partial charge in [0.2, 0.25) is 0 Å². The van der Waals surface area contributed by atoms with E-state index < -0.39 is 5.97 Å². The van der Waals surface area contributed by atoms with Crippen LogP contribution in [0.5, 0.6) is 0 Å². The van der Waals surface area contributed by atoms with Crippen molar-refractivity contribution >= 4 is 21.9 Å². The highest BCUT2D eigenvalue weighted by Gasteiger charge is 2.10. The number of hydrogen-bond acceptors (Lipinski definition) is 5. The van der Waals surface area contributed by atoms with Gasteiger partial charge in [-0.25, -0.2) is 5.84 Å². The zero-order valence-electron chi connectivity index (χ0n) is 8.58. The Bertz CT molecular complexity index is 364. The molecule has 0 unspecified atom stereocenters. The van der Waals surface area contributed by atoms with Gasteiger partial charge in [-0.05, 0) is 29.8 Å². The summed E-state index contributed by atoms with van der Waals surface area (Å²) in [5, 5.41) is 4.25. The third-order valence-corrected chi connectivity index (χ3v) is 3.14. The van der Waals surface area contributed by atoms with Crippen molar-refractivity contribution in [1.82, 2.24) is 15.4 Å². The second-order valence-corrected chi connectivity index (χ2v) is 3.84. The Morgan fingerprint density at radius 3 is 2.80 bits per heavy atom. The molecule has 0 aliphatic heterocycles. The SMILES string of the molecule is Cc1nn(CCC(=O)ONN)c(C)c1Br. The van der Waals surface area contributed by atoms with Gasteiger partial charge in [0.1, 0.15) is 0 Å². The van der Waals surface area contributed by atoms with Gasteiger partial charge in [-0.3, -0.25) is 9.48 Å². The van der Waals surface area contributed by atoms with E-state index in [-0.39, 0.29) is 6.42 Å². The van der Waals surface area contributed by atoms with Crippen LogP contribution in [-0.4, -0.2) is 15.7 Å². The van der Waals surface area contributed by atoms with Crippen molar-refractivity contribution in [2.45, 2.75) is 26.8 Å². The minimum absolute atomic E-state index is 0.221. The van der Waals surface area contributed by atoms with E-state index in [1.807, 2.05) is 19.4 Å². The molecular weight excluding hydrogens is 264 g/mol. The molecule has 1 rings (SSSR count). The van der Waals surface area contributed by atoms with Crippen LogP contribution in [0.15, 0.2) is 4.47 Å². The molecule has 3 N–H and O–H groups in total. The van der Waals surface area contributed by atoms with Gasteiger partial charge in [0.15, 0.2) is 0 Å². The quantitative estimate of drug-likeness (QED) is 0.621. The summed E-state index contributed by atoms with van der Waals surface area (Å²) < 4.78 is 2.71. The highest BCUT2D eigenvalue weighted by Crippen LogP contribution is 2.19. The molecule has 1 heterocycles. The van der Waals surface area contributed by atoms with E-state index in [9.17, 15) is 4.79 Å². The van der Waals surface area contributed by atoms with Crippen molar-refractivity contribution in [1.29, 1.82) is 0 Å². The van der Waals surface area contributed by atoms with Crippen LogP contribution >= 0.6 is 15.9 Å². The van der Waals surface area contributed by atoms with Crippen molar-refractivity contribution in [3.63, 3.8) is 0 Å². The van der Waals surface area contributed by atoms with Gasteiger partial charge in [-0.2, -0.15) is 5.10 Å². The van der Waals surface area contributed by atoms with Crippen molar-refractivity contribution in [3.8, 4) is 0 Å². The number of aryl methyl sites for hydroxylation is 2. The number of carbonyl (C=O) groups is 1. The Morgan fingerprint density at radius 1 is 1.67 bits per heavy atom. The van der Waals surface area contributed by atoms with E-state index >= 15 is 0 Å². The lowest BCUT2D eigenvalue weighted by molar-refractivity contribution is -0.151. The van der Waals surface area contributed by atoms with Crippen molar-refractivity contribution in [3.05, 3.63) is 15.9 Å². The van der Waals surface area contributed by atoms with Gasteiger partial charge in [0, 0.05) is 5.69 Å². The minimum atomic E-state index is -0.416. The molecule has 0 fully saturated rings. The number of hydrazine groups is 1. The van der Waals surface area contributed by atoms with Crippen molar-refractivity contribution in [2.24, 2.45) is 5.84 Å². The first-order valence-electron chi connectivity index (χ1n) is 4.41. The summed E-state index contributed by atoms with van der Waals surface area (Å²) in [5.41, 5.74) is 3.73. The number of nitrogens with zero attached hydrogens (tertiary/aromatic N) is 2. The third kappa shape index (κ3) is 3.01. The highest BCUT2D eigenvalue weighted by molar-refractivity contribution is 9.10. The van der Waals surface area contributed by atoms with E-state index in [4.69, 9.17) is 5.84 Å². The van der Waals surface area contributed by atoms with E-state index in [1.165, 1.54) is 0 Å². The van der Waals surface area contributed by atoms with Gasteiger partial charge in [0.05, 0.1) is 23.1 Å². The van der Waals surface area contributed by atoms with Gasteiger partial charge in [-0.15, -0.1) is 0 Å². The van der Waals surface area contributed by atoms with Crippen LogP contribution < -0.4 is 11.4 Å². The number of nitrogens with one attached hydrogen (secondary N) is 1. The summed E-state index contributed by atoms with van der Waals surface area (Å²) in [6.07, 6.45) is 0.221. The lowest BCUT2D eigenvalue weighted by Crippen LogP contribution is -2.26. The predicted molar refractivity (Wildman–Crippen MR) is 57.4 cm³/mol. The van der Waals surface area contributed by atoms with E-state index in [0.29, 0.717) is 6.54 Å². The summed E-state index contributed by atoms with van der Waals surface area (Å²) in [7, 11) is 0. The molecule has 0 aromatic carbocycles. The Balaban J connectivity index is 2.58. The fourth-order valence-electron chi connectivity index (χ4n) is 1.21. The number of hydrogen-bond donors (Lipinski definition) is 2. The van der Waals surface area contributed by atoms with Gasteiger partial charge < -0.3 is 4.84 Å². The molecule has 15 heavy (non-hydrogen) atoms. The highest BCUT2D eigenvalue weighted by atomic mass is 79.9. The van der Waals surface area contributed by atoms with Gasteiger partial charge >= 0.3 is 5.97 Å². The van der Waals surface area contributed by atoms with Crippen LogP contribution in [0.4, 0.5) is 0 Å². The smallest absolute Gasteiger partial charge is 0.328 e. The maximum absolute atomic E-state index is 11.0. The molecule has 1 aromatic heterocycles. The van der Waals surface area contributed by atoms with Crippen molar-refractivity contribution in [2.75, 3.05) is 0 Å². The molecule has 6 nitrogen and oxygen atoms in total. The third-order valence-electron chi connectivity index (χ3n) is 1.99. The Hall–Kier alpha value is -0.920. The zero-order valence-corrected chi connectivity index (χ0v) is 10.2. The van der Waals surface area contributed by atoms with Crippen LogP contribution in [-0.2, 0) is 16.2 Å². The normalized spacial score (nSPS) is 10.4. The molecule has 0 saturated carbocycles. The number of halogens is 1.